The summed E-state index contributed by atoms with van der Waals surface area (Å²) in [6, 6.07) is 0. The van der Waals surface area contributed by atoms with Crippen molar-refractivity contribution in [2.24, 2.45) is 0 Å². The first kappa shape index (κ1) is 12.6. The third kappa shape index (κ3) is 7.94. The van der Waals surface area contributed by atoms with Crippen molar-refractivity contribution in [3.63, 3.8) is 0 Å². The summed E-state index contributed by atoms with van der Waals surface area (Å²) < 4.78 is 5.21. The van der Waals surface area contributed by atoms with Crippen LogP contribution in [-0.2, 0) is 9.53 Å². The van der Waals surface area contributed by atoms with Gasteiger partial charge in [-0.1, -0.05) is 6.92 Å². The topological polar surface area (TPSA) is 46.5 Å². The fourth-order valence-electron chi connectivity index (χ4n) is 0.891. The number of aliphatic hydroxyl groups excluding tert-OH is 1. The lowest BCUT2D eigenvalue weighted by molar-refractivity contribution is -0.119. The Morgan fingerprint density at radius 3 is 2.54 bits per heavy atom. The SMILES string of the molecule is CCC(=O)CCC(O)COC(C)C. The van der Waals surface area contributed by atoms with Gasteiger partial charge in [-0.15, -0.1) is 0 Å². The first-order valence-electron chi connectivity index (χ1n) is 4.87. The average Bonchev–Trinajstić information content (AvgIpc) is 2.10. The number of carbonyl (C=O) groups excluding carboxylic acids is 1. The molecule has 3 nitrogen and oxygen atoms in total. The second-order valence-electron chi connectivity index (χ2n) is 3.47. The second kappa shape index (κ2) is 7.04. The normalized spacial score (nSPS) is 13.3. The lowest BCUT2D eigenvalue weighted by atomic mass is 10.1. The summed E-state index contributed by atoms with van der Waals surface area (Å²) in [5.41, 5.74) is 0. The first-order valence-corrected chi connectivity index (χ1v) is 4.87. The van der Waals surface area contributed by atoms with Crippen molar-refractivity contribution in [3.05, 3.63) is 0 Å². The van der Waals surface area contributed by atoms with E-state index in [-0.39, 0.29) is 11.9 Å². The monoisotopic (exact) mass is 188 g/mol. The van der Waals surface area contributed by atoms with Crippen molar-refractivity contribution in [3.8, 4) is 0 Å². The van der Waals surface area contributed by atoms with Crippen LogP contribution >= 0.6 is 0 Å². The minimum atomic E-state index is -0.502. The van der Waals surface area contributed by atoms with Gasteiger partial charge in [0.25, 0.3) is 0 Å². The number of ether oxygens (including phenoxy) is 1. The molecule has 0 aliphatic rings. The van der Waals surface area contributed by atoms with E-state index < -0.39 is 6.10 Å². The molecule has 0 aliphatic heterocycles. The van der Waals surface area contributed by atoms with Crippen molar-refractivity contribution in [2.75, 3.05) is 6.61 Å². The van der Waals surface area contributed by atoms with E-state index in [9.17, 15) is 9.90 Å². The van der Waals surface area contributed by atoms with Gasteiger partial charge in [-0.25, -0.2) is 0 Å². The summed E-state index contributed by atoms with van der Waals surface area (Å²) in [6.07, 6.45) is 1.16. The van der Waals surface area contributed by atoms with Crippen LogP contribution in [0.3, 0.4) is 0 Å². The maximum atomic E-state index is 10.9. The lowest BCUT2D eigenvalue weighted by Gasteiger charge is -2.12. The van der Waals surface area contributed by atoms with Crippen molar-refractivity contribution >= 4 is 5.78 Å². The van der Waals surface area contributed by atoms with Crippen LogP contribution in [-0.4, -0.2) is 29.7 Å². The van der Waals surface area contributed by atoms with Gasteiger partial charge >= 0.3 is 0 Å². The fraction of sp³-hybridized carbons (Fsp3) is 0.900. The summed E-state index contributed by atoms with van der Waals surface area (Å²) in [6.45, 7) is 6.00. The molecular weight excluding hydrogens is 168 g/mol. The number of hydrogen-bond donors (Lipinski definition) is 1. The van der Waals surface area contributed by atoms with E-state index in [1.165, 1.54) is 0 Å². The van der Waals surface area contributed by atoms with Gasteiger partial charge in [0.05, 0.1) is 18.8 Å². The highest BCUT2D eigenvalue weighted by Gasteiger charge is 2.07. The minimum Gasteiger partial charge on any atom is -0.391 e. The number of Topliss-reactive ketones (excluding diaryl/α,β-unsaturated/α-hetero) is 1. The lowest BCUT2D eigenvalue weighted by Crippen LogP contribution is -2.19. The first-order chi connectivity index (χ1) is 6.06. The van der Waals surface area contributed by atoms with Crippen LogP contribution in [0.5, 0.6) is 0 Å². The van der Waals surface area contributed by atoms with Crippen LogP contribution in [0.15, 0.2) is 0 Å². The highest BCUT2D eigenvalue weighted by atomic mass is 16.5. The Labute approximate surface area is 80.1 Å². The van der Waals surface area contributed by atoms with Gasteiger partial charge in [0, 0.05) is 12.8 Å². The molecule has 0 radical (unpaired) electrons. The van der Waals surface area contributed by atoms with E-state index in [4.69, 9.17) is 4.74 Å². The zero-order valence-electron chi connectivity index (χ0n) is 8.75. The van der Waals surface area contributed by atoms with E-state index in [1.54, 1.807) is 0 Å². The van der Waals surface area contributed by atoms with Gasteiger partial charge in [0.1, 0.15) is 5.78 Å². The number of carbonyl (C=O) groups is 1. The molecule has 0 aromatic carbocycles. The molecular formula is C10H20O3. The predicted octanol–water partition coefficient (Wildman–Crippen LogP) is 1.53. The fourth-order valence-corrected chi connectivity index (χ4v) is 0.891. The van der Waals surface area contributed by atoms with Gasteiger partial charge in [-0.3, -0.25) is 4.79 Å². The van der Waals surface area contributed by atoms with Crippen LogP contribution in [0.2, 0.25) is 0 Å². The summed E-state index contributed by atoms with van der Waals surface area (Å²) in [4.78, 5) is 10.9. The summed E-state index contributed by atoms with van der Waals surface area (Å²) >= 11 is 0. The molecule has 1 atom stereocenters. The van der Waals surface area contributed by atoms with Crippen LogP contribution in [0.4, 0.5) is 0 Å². The maximum absolute atomic E-state index is 10.9. The van der Waals surface area contributed by atoms with E-state index >= 15 is 0 Å². The standard InChI is InChI=1S/C10H20O3/c1-4-9(11)5-6-10(12)7-13-8(2)3/h8,10,12H,4-7H2,1-3H3. The second-order valence-corrected chi connectivity index (χ2v) is 3.47. The van der Waals surface area contributed by atoms with Crippen molar-refractivity contribution in [2.45, 2.75) is 52.2 Å². The van der Waals surface area contributed by atoms with Gasteiger partial charge in [0.15, 0.2) is 0 Å². The molecule has 0 bridgehead atoms. The molecule has 0 heterocycles. The van der Waals surface area contributed by atoms with Crippen LogP contribution in [0.1, 0.15) is 40.0 Å². The quantitative estimate of drug-likeness (QED) is 0.659. The van der Waals surface area contributed by atoms with Crippen LogP contribution in [0.25, 0.3) is 0 Å². The Morgan fingerprint density at radius 2 is 2.08 bits per heavy atom. The van der Waals surface area contributed by atoms with Gasteiger partial charge in [-0.2, -0.15) is 0 Å². The molecule has 0 amide bonds. The van der Waals surface area contributed by atoms with Crippen molar-refractivity contribution in [1.29, 1.82) is 0 Å². The molecule has 78 valence electrons. The number of ketones is 1. The van der Waals surface area contributed by atoms with E-state index in [2.05, 4.69) is 0 Å². The van der Waals surface area contributed by atoms with Crippen molar-refractivity contribution < 1.29 is 14.6 Å². The van der Waals surface area contributed by atoms with E-state index in [1.807, 2.05) is 20.8 Å². The van der Waals surface area contributed by atoms with Gasteiger partial charge in [-0.05, 0) is 20.3 Å². The van der Waals surface area contributed by atoms with E-state index in [0.29, 0.717) is 25.9 Å². The Bertz CT molecular complexity index is 143. The Morgan fingerprint density at radius 1 is 1.46 bits per heavy atom. The molecule has 0 saturated carbocycles. The third-order valence-electron chi connectivity index (χ3n) is 1.77. The molecule has 0 spiro atoms. The molecule has 0 fully saturated rings. The molecule has 1 N–H and O–H groups in total. The number of aliphatic hydroxyl groups is 1. The highest BCUT2D eigenvalue weighted by Crippen LogP contribution is 2.02. The molecule has 13 heavy (non-hydrogen) atoms. The third-order valence-corrected chi connectivity index (χ3v) is 1.77. The zero-order valence-corrected chi connectivity index (χ0v) is 8.75. The Hall–Kier alpha value is -0.410. The molecule has 0 aromatic rings. The molecule has 0 aliphatic carbocycles. The summed E-state index contributed by atoms with van der Waals surface area (Å²) in [5.74, 6) is 0.198. The Kier molecular flexibility index (Phi) is 6.82. The Balaban J connectivity index is 3.40. The molecule has 0 rings (SSSR count). The summed E-state index contributed by atoms with van der Waals surface area (Å²) in [5, 5.41) is 9.37. The van der Waals surface area contributed by atoms with Crippen molar-refractivity contribution in [1.82, 2.24) is 0 Å². The van der Waals surface area contributed by atoms with Crippen LogP contribution < -0.4 is 0 Å². The molecule has 1 unspecified atom stereocenters. The smallest absolute Gasteiger partial charge is 0.132 e. The molecule has 0 saturated heterocycles. The van der Waals surface area contributed by atoms with E-state index in [0.717, 1.165) is 0 Å². The maximum Gasteiger partial charge on any atom is 0.132 e. The number of rotatable bonds is 7. The highest BCUT2D eigenvalue weighted by molar-refractivity contribution is 5.77. The number of hydrogen-bond acceptors (Lipinski definition) is 3. The largest absolute Gasteiger partial charge is 0.391 e. The predicted molar refractivity (Wildman–Crippen MR) is 51.6 cm³/mol. The zero-order chi connectivity index (χ0) is 10.3. The average molecular weight is 188 g/mol. The van der Waals surface area contributed by atoms with Gasteiger partial charge < -0.3 is 9.84 Å². The molecule has 0 aromatic heterocycles. The molecule has 3 heteroatoms. The minimum absolute atomic E-state index is 0.136. The van der Waals surface area contributed by atoms with Gasteiger partial charge in [0.2, 0.25) is 0 Å². The van der Waals surface area contributed by atoms with Crippen LogP contribution in [0, 0.1) is 0 Å². The summed E-state index contributed by atoms with van der Waals surface area (Å²) in [7, 11) is 0.